The maximum Gasteiger partial charge on any atom is 0.319 e. The van der Waals surface area contributed by atoms with Crippen LogP contribution in [0.15, 0.2) is 42.5 Å². The van der Waals surface area contributed by atoms with Gasteiger partial charge in [-0.3, -0.25) is 4.90 Å². The normalized spacial score (nSPS) is 20.0. The number of nitrogens with zero attached hydrogens (tertiary/aromatic N) is 1. The number of hydrogen-bond donors (Lipinski definition) is 2. The van der Waals surface area contributed by atoms with Gasteiger partial charge in [0.05, 0.1) is 12.2 Å². The fourth-order valence-corrected chi connectivity index (χ4v) is 3.79. The molecule has 5 heteroatoms. The molecule has 3 rings (SSSR count). The number of para-hydroxylation sites is 1. The Morgan fingerprint density at radius 1 is 1.00 bits per heavy atom. The first-order chi connectivity index (χ1) is 13.4. The molecule has 2 amide bonds. The van der Waals surface area contributed by atoms with E-state index in [0.29, 0.717) is 6.54 Å². The van der Waals surface area contributed by atoms with Gasteiger partial charge in [-0.15, -0.1) is 0 Å². The largest absolute Gasteiger partial charge is 0.373 e. The minimum absolute atomic E-state index is 0.183. The molecule has 0 saturated carbocycles. The molecule has 28 heavy (non-hydrogen) atoms. The van der Waals surface area contributed by atoms with Gasteiger partial charge >= 0.3 is 6.03 Å². The Kier molecular flexibility index (Phi) is 6.70. The lowest BCUT2D eigenvalue weighted by molar-refractivity contribution is -0.0704. The van der Waals surface area contributed by atoms with E-state index in [-0.39, 0.29) is 18.2 Å². The van der Waals surface area contributed by atoms with Gasteiger partial charge in [-0.2, -0.15) is 0 Å². The molecule has 2 unspecified atom stereocenters. The summed E-state index contributed by atoms with van der Waals surface area (Å²) in [4.78, 5) is 14.7. The van der Waals surface area contributed by atoms with Crippen molar-refractivity contribution < 1.29 is 9.53 Å². The van der Waals surface area contributed by atoms with E-state index in [4.69, 9.17) is 4.74 Å². The average molecular weight is 382 g/mol. The van der Waals surface area contributed by atoms with Crippen molar-refractivity contribution in [1.82, 2.24) is 10.2 Å². The molecule has 0 bridgehead atoms. The number of carbonyl (C=O) groups is 1. The van der Waals surface area contributed by atoms with Crippen LogP contribution in [0.3, 0.4) is 0 Å². The standard InChI is InChI=1S/C23H31N3O2/c1-16-6-5-7-17(2)22(16)25-23(27)24-12-20-8-10-21(11-9-20)15-26-13-18(3)28-19(4)14-26/h5-11,18-19H,12-15H2,1-4H3,(H2,24,25,27). The zero-order valence-corrected chi connectivity index (χ0v) is 17.3. The SMILES string of the molecule is Cc1cccc(C)c1NC(=O)NCc1ccc(CN2CC(C)OC(C)C2)cc1. The van der Waals surface area contributed by atoms with Crippen molar-refractivity contribution in [3.05, 3.63) is 64.7 Å². The van der Waals surface area contributed by atoms with E-state index >= 15 is 0 Å². The Morgan fingerprint density at radius 3 is 2.18 bits per heavy atom. The average Bonchev–Trinajstić information content (AvgIpc) is 2.63. The smallest absolute Gasteiger partial charge is 0.319 e. The zero-order chi connectivity index (χ0) is 20.1. The van der Waals surface area contributed by atoms with E-state index in [1.54, 1.807) is 0 Å². The first-order valence-corrected chi connectivity index (χ1v) is 9.97. The number of rotatable bonds is 5. The molecular formula is C23H31N3O2. The minimum atomic E-state index is -0.183. The number of benzene rings is 2. The number of ether oxygens (including phenoxy) is 1. The maximum absolute atomic E-state index is 12.2. The Balaban J connectivity index is 1.49. The molecule has 0 aliphatic carbocycles. The molecule has 1 heterocycles. The van der Waals surface area contributed by atoms with Gasteiger partial charge in [-0.05, 0) is 49.9 Å². The highest BCUT2D eigenvalue weighted by molar-refractivity contribution is 5.90. The van der Waals surface area contributed by atoms with Crippen LogP contribution in [-0.2, 0) is 17.8 Å². The van der Waals surface area contributed by atoms with E-state index in [1.165, 1.54) is 5.56 Å². The van der Waals surface area contributed by atoms with Crippen molar-refractivity contribution in [2.24, 2.45) is 0 Å². The van der Waals surface area contributed by atoms with Crippen molar-refractivity contribution in [3.63, 3.8) is 0 Å². The Hall–Kier alpha value is -2.37. The van der Waals surface area contributed by atoms with Gasteiger partial charge in [0.1, 0.15) is 0 Å². The lowest BCUT2D eigenvalue weighted by Gasteiger charge is -2.35. The second-order valence-corrected chi connectivity index (χ2v) is 7.84. The summed E-state index contributed by atoms with van der Waals surface area (Å²) in [5.74, 6) is 0. The number of aryl methyl sites for hydroxylation is 2. The lowest BCUT2D eigenvalue weighted by Crippen LogP contribution is -2.44. The van der Waals surface area contributed by atoms with Crippen molar-refractivity contribution in [2.45, 2.75) is 53.0 Å². The number of anilines is 1. The monoisotopic (exact) mass is 381 g/mol. The number of morpholine rings is 1. The third-order valence-corrected chi connectivity index (χ3v) is 5.10. The highest BCUT2D eigenvalue weighted by Gasteiger charge is 2.21. The van der Waals surface area contributed by atoms with Crippen LogP contribution in [-0.4, -0.2) is 36.2 Å². The van der Waals surface area contributed by atoms with E-state index < -0.39 is 0 Å². The molecule has 150 valence electrons. The molecule has 0 spiro atoms. The summed E-state index contributed by atoms with van der Waals surface area (Å²) < 4.78 is 5.80. The molecule has 2 N–H and O–H groups in total. The summed E-state index contributed by atoms with van der Waals surface area (Å²) in [6, 6.07) is 14.3. The molecule has 5 nitrogen and oxygen atoms in total. The van der Waals surface area contributed by atoms with E-state index in [2.05, 4.69) is 53.6 Å². The summed E-state index contributed by atoms with van der Waals surface area (Å²) >= 11 is 0. The van der Waals surface area contributed by atoms with Crippen molar-refractivity contribution in [3.8, 4) is 0 Å². The van der Waals surface area contributed by atoms with Crippen LogP contribution < -0.4 is 10.6 Å². The molecule has 2 aromatic carbocycles. The van der Waals surface area contributed by atoms with E-state index in [9.17, 15) is 4.79 Å². The van der Waals surface area contributed by atoms with Crippen LogP contribution in [0.4, 0.5) is 10.5 Å². The molecule has 0 radical (unpaired) electrons. The molecular weight excluding hydrogens is 350 g/mol. The van der Waals surface area contributed by atoms with Crippen molar-refractivity contribution in [2.75, 3.05) is 18.4 Å². The van der Waals surface area contributed by atoms with E-state index in [1.807, 2.05) is 32.0 Å². The third kappa shape index (κ3) is 5.57. The summed E-state index contributed by atoms with van der Waals surface area (Å²) in [6.45, 7) is 11.6. The van der Waals surface area contributed by atoms with Gasteiger partial charge in [0.15, 0.2) is 0 Å². The molecule has 0 aromatic heterocycles. The molecule has 1 aliphatic rings. The molecule has 2 atom stereocenters. The van der Waals surface area contributed by atoms with Gasteiger partial charge in [-0.25, -0.2) is 4.79 Å². The summed E-state index contributed by atoms with van der Waals surface area (Å²) in [7, 11) is 0. The van der Waals surface area contributed by atoms with Crippen LogP contribution in [0, 0.1) is 13.8 Å². The van der Waals surface area contributed by atoms with Gasteiger partial charge in [0, 0.05) is 31.9 Å². The molecule has 1 fully saturated rings. The van der Waals surface area contributed by atoms with Crippen molar-refractivity contribution >= 4 is 11.7 Å². The maximum atomic E-state index is 12.2. The quantitative estimate of drug-likeness (QED) is 0.815. The minimum Gasteiger partial charge on any atom is -0.373 e. The highest BCUT2D eigenvalue weighted by Crippen LogP contribution is 2.19. The predicted molar refractivity (Wildman–Crippen MR) is 114 cm³/mol. The highest BCUT2D eigenvalue weighted by atomic mass is 16.5. The number of carbonyl (C=O) groups excluding carboxylic acids is 1. The second kappa shape index (κ2) is 9.22. The number of amides is 2. The van der Waals surface area contributed by atoms with Crippen LogP contribution in [0.5, 0.6) is 0 Å². The summed E-state index contributed by atoms with van der Waals surface area (Å²) in [5, 5.41) is 5.89. The van der Waals surface area contributed by atoms with Crippen LogP contribution in [0.25, 0.3) is 0 Å². The first-order valence-electron chi connectivity index (χ1n) is 9.97. The number of hydrogen-bond acceptors (Lipinski definition) is 3. The Bertz CT molecular complexity index is 774. The van der Waals surface area contributed by atoms with Gasteiger partial charge in [0.25, 0.3) is 0 Å². The number of nitrogens with one attached hydrogen (secondary N) is 2. The van der Waals surface area contributed by atoms with Crippen LogP contribution in [0.1, 0.15) is 36.1 Å². The fraction of sp³-hybridized carbons (Fsp3) is 0.435. The van der Waals surface area contributed by atoms with Gasteiger partial charge in [-0.1, -0.05) is 42.5 Å². The number of urea groups is 1. The second-order valence-electron chi connectivity index (χ2n) is 7.84. The predicted octanol–water partition coefficient (Wildman–Crippen LogP) is 4.23. The van der Waals surface area contributed by atoms with Crippen molar-refractivity contribution in [1.29, 1.82) is 0 Å². The zero-order valence-electron chi connectivity index (χ0n) is 17.3. The molecule has 2 aromatic rings. The topological polar surface area (TPSA) is 53.6 Å². The molecule has 1 saturated heterocycles. The van der Waals surface area contributed by atoms with E-state index in [0.717, 1.165) is 42.0 Å². The fourth-order valence-electron chi connectivity index (χ4n) is 3.79. The third-order valence-electron chi connectivity index (χ3n) is 5.10. The lowest BCUT2D eigenvalue weighted by atomic mass is 10.1. The summed E-state index contributed by atoms with van der Waals surface area (Å²) in [6.07, 6.45) is 0.560. The first kappa shape index (κ1) is 20.4. The molecule has 1 aliphatic heterocycles. The van der Waals surface area contributed by atoms with Gasteiger partial charge in [0.2, 0.25) is 0 Å². The summed E-state index contributed by atoms with van der Waals surface area (Å²) in [5.41, 5.74) is 5.37. The van der Waals surface area contributed by atoms with Crippen LogP contribution >= 0.6 is 0 Å². The van der Waals surface area contributed by atoms with Crippen LogP contribution in [0.2, 0.25) is 0 Å². The Labute approximate surface area is 168 Å². The Morgan fingerprint density at radius 2 is 1.57 bits per heavy atom. The van der Waals surface area contributed by atoms with Gasteiger partial charge < -0.3 is 15.4 Å².